The molecule has 1 amide bonds. The second-order valence-corrected chi connectivity index (χ2v) is 6.83. The average molecular weight is 370 g/mol. The van der Waals surface area contributed by atoms with E-state index in [-0.39, 0.29) is 18.1 Å². The molecule has 1 heterocycles. The van der Waals surface area contributed by atoms with Crippen LogP contribution in [-0.4, -0.2) is 23.0 Å². The predicted octanol–water partition coefficient (Wildman–Crippen LogP) is 3.66. The first-order valence-electron chi connectivity index (χ1n) is 8.69. The molecule has 6 heteroatoms. The number of nitriles is 1. The van der Waals surface area contributed by atoms with E-state index < -0.39 is 0 Å². The first-order valence-corrected chi connectivity index (χ1v) is 9.07. The average Bonchev–Trinajstić information content (AvgIpc) is 2.66. The van der Waals surface area contributed by atoms with E-state index in [9.17, 15) is 4.79 Å². The van der Waals surface area contributed by atoms with E-state index in [0.717, 1.165) is 31.2 Å². The summed E-state index contributed by atoms with van der Waals surface area (Å²) in [6.07, 6.45) is 5.36. The van der Waals surface area contributed by atoms with Gasteiger partial charge in [-0.25, -0.2) is 4.98 Å². The Morgan fingerprint density at radius 3 is 2.65 bits per heavy atom. The number of nitrogens with one attached hydrogen (secondary N) is 1. The summed E-state index contributed by atoms with van der Waals surface area (Å²) in [7, 11) is 0. The Balaban J connectivity index is 1.44. The molecular formula is C20H20ClN3O2. The first kappa shape index (κ1) is 18.2. The standard InChI is InChI=1S/C20H20ClN3O2/c21-18-4-2-1-3-15(18)11-19(25)24-16-6-8-17(9-7-16)26-20-10-5-14(12-22)13-23-20/h1-5,10,13,16-17H,6-9,11H2,(H,24,25). The lowest BCUT2D eigenvalue weighted by Gasteiger charge is -2.29. The van der Waals surface area contributed by atoms with E-state index in [1.54, 1.807) is 18.2 Å². The van der Waals surface area contributed by atoms with Crippen LogP contribution in [0.5, 0.6) is 5.88 Å². The minimum atomic E-state index is -0.00349. The quantitative estimate of drug-likeness (QED) is 0.872. The van der Waals surface area contributed by atoms with E-state index in [1.165, 1.54) is 6.20 Å². The fraction of sp³-hybridized carbons (Fsp3) is 0.350. The Morgan fingerprint density at radius 1 is 1.23 bits per heavy atom. The van der Waals surface area contributed by atoms with Gasteiger partial charge < -0.3 is 10.1 Å². The SMILES string of the molecule is N#Cc1ccc(OC2CCC(NC(=O)Cc3ccccc3Cl)CC2)nc1. The highest BCUT2D eigenvalue weighted by Crippen LogP contribution is 2.23. The van der Waals surface area contributed by atoms with Crippen LogP contribution in [0.4, 0.5) is 0 Å². The van der Waals surface area contributed by atoms with Gasteiger partial charge in [-0.2, -0.15) is 5.26 Å². The number of ether oxygens (including phenoxy) is 1. The Morgan fingerprint density at radius 2 is 2.00 bits per heavy atom. The van der Waals surface area contributed by atoms with Crippen molar-refractivity contribution in [3.8, 4) is 11.9 Å². The lowest BCUT2D eigenvalue weighted by molar-refractivity contribution is -0.121. The summed E-state index contributed by atoms with van der Waals surface area (Å²) < 4.78 is 5.87. The highest BCUT2D eigenvalue weighted by atomic mass is 35.5. The molecule has 0 radical (unpaired) electrons. The van der Waals surface area contributed by atoms with Gasteiger partial charge in [-0.15, -0.1) is 0 Å². The number of carbonyl (C=O) groups excluding carboxylic acids is 1. The topological polar surface area (TPSA) is 75.0 Å². The molecular weight excluding hydrogens is 350 g/mol. The second kappa shape index (κ2) is 8.68. The van der Waals surface area contributed by atoms with E-state index in [0.29, 0.717) is 22.9 Å². The summed E-state index contributed by atoms with van der Waals surface area (Å²) in [5, 5.41) is 12.5. The Labute approximate surface area is 158 Å². The molecule has 1 saturated carbocycles. The summed E-state index contributed by atoms with van der Waals surface area (Å²) >= 11 is 6.11. The third kappa shape index (κ3) is 4.96. The summed E-state index contributed by atoms with van der Waals surface area (Å²) in [5.74, 6) is 0.534. The molecule has 0 unspecified atom stereocenters. The summed E-state index contributed by atoms with van der Waals surface area (Å²) in [4.78, 5) is 16.4. The molecule has 1 aromatic heterocycles. The van der Waals surface area contributed by atoms with Gasteiger partial charge in [0.05, 0.1) is 12.0 Å². The van der Waals surface area contributed by atoms with Gasteiger partial charge in [0, 0.05) is 23.3 Å². The van der Waals surface area contributed by atoms with Crippen LogP contribution in [0.15, 0.2) is 42.6 Å². The van der Waals surface area contributed by atoms with Crippen LogP contribution >= 0.6 is 11.6 Å². The van der Waals surface area contributed by atoms with Gasteiger partial charge in [0.2, 0.25) is 11.8 Å². The highest BCUT2D eigenvalue weighted by molar-refractivity contribution is 6.31. The molecule has 1 N–H and O–H groups in total. The molecule has 1 fully saturated rings. The van der Waals surface area contributed by atoms with E-state index in [1.807, 2.05) is 24.3 Å². The van der Waals surface area contributed by atoms with Crippen molar-refractivity contribution in [3.63, 3.8) is 0 Å². The van der Waals surface area contributed by atoms with Crippen LogP contribution in [0.1, 0.15) is 36.8 Å². The van der Waals surface area contributed by atoms with Gasteiger partial charge in [-0.05, 0) is 43.4 Å². The van der Waals surface area contributed by atoms with Gasteiger partial charge in [0.15, 0.2) is 0 Å². The molecule has 0 atom stereocenters. The third-order valence-electron chi connectivity index (χ3n) is 4.50. The van der Waals surface area contributed by atoms with Crippen LogP contribution in [0.2, 0.25) is 5.02 Å². The Bertz CT molecular complexity index is 793. The van der Waals surface area contributed by atoms with Crippen molar-refractivity contribution in [2.24, 2.45) is 0 Å². The Hall–Kier alpha value is -2.58. The van der Waals surface area contributed by atoms with E-state index >= 15 is 0 Å². The van der Waals surface area contributed by atoms with Crippen LogP contribution in [-0.2, 0) is 11.2 Å². The number of rotatable bonds is 5. The van der Waals surface area contributed by atoms with Crippen molar-refractivity contribution >= 4 is 17.5 Å². The molecule has 0 saturated heterocycles. The number of halogens is 1. The maximum atomic E-state index is 12.2. The van der Waals surface area contributed by atoms with Gasteiger partial charge in [0.25, 0.3) is 0 Å². The summed E-state index contributed by atoms with van der Waals surface area (Å²) in [6.45, 7) is 0. The largest absolute Gasteiger partial charge is 0.474 e. The molecule has 26 heavy (non-hydrogen) atoms. The molecule has 134 valence electrons. The van der Waals surface area contributed by atoms with Gasteiger partial charge in [-0.3, -0.25) is 4.79 Å². The van der Waals surface area contributed by atoms with Crippen LogP contribution in [0, 0.1) is 11.3 Å². The van der Waals surface area contributed by atoms with Crippen molar-refractivity contribution in [2.45, 2.75) is 44.2 Å². The van der Waals surface area contributed by atoms with Crippen molar-refractivity contribution in [3.05, 3.63) is 58.7 Å². The Kier molecular flexibility index (Phi) is 6.08. The molecule has 3 rings (SSSR count). The summed E-state index contributed by atoms with van der Waals surface area (Å²) in [6, 6.07) is 13.0. The predicted molar refractivity (Wildman–Crippen MR) is 98.9 cm³/mol. The van der Waals surface area contributed by atoms with Gasteiger partial charge in [-0.1, -0.05) is 29.8 Å². The maximum Gasteiger partial charge on any atom is 0.224 e. The molecule has 0 spiro atoms. The number of nitrogens with zero attached hydrogens (tertiary/aromatic N) is 2. The normalized spacial score (nSPS) is 19.4. The molecule has 0 bridgehead atoms. The van der Waals surface area contributed by atoms with Gasteiger partial charge in [0.1, 0.15) is 12.2 Å². The zero-order valence-electron chi connectivity index (χ0n) is 14.3. The molecule has 1 aromatic carbocycles. The molecule has 2 aromatic rings. The molecule has 1 aliphatic rings. The molecule has 5 nitrogen and oxygen atoms in total. The molecule has 1 aliphatic carbocycles. The second-order valence-electron chi connectivity index (χ2n) is 6.42. The molecule has 0 aliphatic heterocycles. The third-order valence-corrected chi connectivity index (χ3v) is 4.87. The van der Waals surface area contributed by atoms with Crippen LogP contribution in [0.3, 0.4) is 0 Å². The fourth-order valence-electron chi connectivity index (χ4n) is 3.11. The lowest BCUT2D eigenvalue weighted by Crippen LogP contribution is -2.40. The smallest absolute Gasteiger partial charge is 0.224 e. The van der Waals surface area contributed by atoms with E-state index in [4.69, 9.17) is 21.6 Å². The number of amides is 1. The first-order chi connectivity index (χ1) is 12.6. The van der Waals surface area contributed by atoms with Crippen molar-refractivity contribution in [1.29, 1.82) is 5.26 Å². The fourth-order valence-corrected chi connectivity index (χ4v) is 3.31. The van der Waals surface area contributed by atoms with Gasteiger partial charge >= 0.3 is 0 Å². The monoisotopic (exact) mass is 369 g/mol. The summed E-state index contributed by atoms with van der Waals surface area (Å²) in [5.41, 5.74) is 1.36. The highest BCUT2D eigenvalue weighted by Gasteiger charge is 2.24. The van der Waals surface area contributed by atoms with Crippen molar-refractivity contribution < 1.29 is 9.53 Å². The minimum Gasteiger partial charge on any atom is -0.474 e. The number of benzene rings is 1. The number of hydrogen-bond acceptors (Lipinski definition) is 4. The number of carbonyl (C=O) groups is 1. The zero-order valence-corrected chi connectivity index (χ0v) is 15.1. The number of aromatic nitrogens is 1. The van der Waals surface area contributed by atoms with Crippen LogP contribution in [0.25, 0.3) is 0 Å². The number of pyridine rings is 1. The number of hydrogen-bond donors (Lipinski definition) is 1. The van der Waals surface area contributed by atoms with E-state index in [2.05, 4.69) is 10.3 Å². The van der Waals surface area contributed by atoms with Crippen LogP contribution < -0.4 is 10.1 Å². The minimum absolute atomic E-state index is 0.00349. The lowest BCUT2D eigenvalue weighted by atomic mass is 9.92. The van der Waals surface area contributed by atoms with Crippen molar-refractivity contribution in [2.75, 3.05) is 0 Å². The zero-order chi connectivity index (χ0) is 18.4. The maximum absolute atomic E-state index is 12.2. The van der Waals surface area contributed by atoms with Crippen molar-refractivity contribution in [1.82, 2.24) is 10.3 Å².